The van der Waals surface area contributed by atoms with Gasteiger partial charge in [-0.3, -0.25) is 4.79 Å². The third-order valence-electron chi connectivity index (χ3n) is 6.90. The molecule has 0 aliphatic heterocycles. The molecule has 158 valence electrons. The maximum Gasteiger partial charge on any atom is 0.309 e. The van der Waals surface area contributed by atoms with Gasteiger partial charge in [-0.15, -0.1) is 0 Å². The summed E-state index contributed by atoms with van der Waals surface area (Å²) in [6, 6.07) is 2.43. The van der Waals surface area contributed by atoms with Crippen molar-refractivity contribution in [3.05, 3.63) is 33.9 Å². The van der Waals surface area contributed by atoms with E-state index in [4.69, 9.17) is 0 Å². The zero-order chi connectivity index (χ0) is 20.9. The highest BCUT2D eigenvalue weighted by atomic mass is 16.4. The number of benzene rings is 1. The molecule has 1 fully saturated rings. The van der Waals surface area contributed by atoms with Crippen LogP contribution in [0.5, 0.6) is 0 Å². The van der Waals surface area contributed by atoms with Crippen LogP contribution >= 0.6 is 0 Å². The number of rotatable bonds is 11. The smallest absolute Gasteiger partial charge is 0.309 e. The van der Waals surface area contributed by atoms with Crippen LogP contribution in [-0.2, 0) is 17.6 Å². The molecule has 2 rings (SSSR count). The molecular formula is C26H42O2. The van der Waals surface area contributed by atoms with Gasteiger partial charge in [0.25, 0.3) is 0 Å². The Labute approximate surface area is 173 Å². The van der Waals surface area contributed by atoms with Gasteiger partial charge in [-0.25, -0.2) is 0 Å². The molecule has 0 amide bonds. The number of carboxylic acid groups (broad SMARTS) is 1. The number of hydrogen-bond donors (Lipinski definition) is 1. The Bertz CT molecular complexity index is 675. The van der Waals surface area contributed by atoms with E-state index < -0.39 is 5.97 Å². The third-order valence-corrected chi connectivity index (χ3v) is 6.90. The monoisotopic (exact) mass is 386 g/mol. The largest absolute Gasteiger partial charge is 0.481 e. The first-order valence-electron chi connectivity index (χ1n) is 11.4. The average Bonchev–Trinajstić information content (AvgIpc) is 3.39. The average molecular weight is 387 g/mol. The van der Waals surface area contributed by atoms with Gasteiger partial charge in [0.2, 0.25) is 0 Å². The van der Waals surface area contributed by atoms with E-state index in [2.05, 4.69) is 47.6 Å². The molecule has 2 heteroatoms. The Morgan fingerprint density at radius 1 is 0.964 bits per heavy atom. The first-order chi connectivity index (χ1) is 13.1. The number of hydrogen-bond acceptors (Lipinski definition) is 1. The highest BCUT2D eigenvalue weighted by Crippen LogP contribution is 2.50. The lowest BCUT2D eigenvalue weighted by molar-refractivity contribution is -0.143. The molecule has 28 heavy (non-hydrogen) atoms. The predicted molar refractivity (Wildman–Crippen MR) is 119 cm³/mol. The van der Waals surface area contributed by atoms with Crippen LogP contribution in [0, 0.1) is 31.6 Å². The summed E-state index contributed by atoms with van der Waals surface area (Å²) >= 11 is 0. The van der Waals surface area contributed by atoms with Gasteiger partial charge in [-0.05, 0) is 105 Å². The van der Waals surface area contributed by atoms with Gasteiger partial charge >= 0.3 is 5.97 Å². The molecule has 0 heterocycles. The first kappa shape index (κ1) is 23.0. The van der Waals surface area contributed by atoms with Crippen molar-refractivity contribution in [2.45, 2.75) is 112 Å². The van der Waals surface area contributed by atoms with Crippen molar-refractivity contribution < 1.29 is 9.90 Å². The highest BCUT2D eigenvalue weighted by molar-refractivity contribution is 5.77. The Morgan fingerprint density at radius 3 is 2.18 bits per heavy atom. The second-order valence-electron chi connectivity index (χ2n) is 10.5. The number of unbranched alkanes of at least 4 members (excludes halogenated alkanes) is 3. The first-order valence-corrected chi connectivity index (χ1v) is 11.4. The van der Waals surface area contributed by atoms with Crippen LogP contribution in [0.25, 0.3) is 0 Å². The fourth-order valence-corrected chi connectivity index (χ4v) is 4.43. The van der Waals surface area contributed by atoms with Crippen molar-refractivity contribution in [2.24, 2.45) is 10.8 Å². The van der Waals surface area contributed by atoms with E-state index in [1.165, 1.54) is 48.8 Å². The lowest BCUT2D eigenvalue weighted by Crippen LogP contribution is -2.14. The topological polar surface area (TPSA) is 37.3 Å². The van der Waals surface area contributed by atoms with Gasteiger partial charge in [0, 0.05) is 0 Å². The van der Waals surface area contributed by atoms with E-state index in [9.17, 15) is 9.90 Å². The van der Waals surface area contributed by atoms with Gasteiger partial charge in [-0.1, -0.05) is 46.1 Å². The Morgan fingerprint density at radius 2 is 1.61 bits per heavy atom. The molecule has 1 aromatic rings. The molecule has 0 aromatic heterocycles. The number of aliphatic carboxylic acids is 1. The summed E-state index contributed by atoms with van der Waals surface area (Å²) in [5.74, 6) is -0.574. The maximum atomic E-state index is 11.3. The van der Waals surface area contributed by atoms with E-state index in [-0.39, 0.29) is 5.41 Å². The molecule has 0 saturated heterocycles. The lowest BCUT2D eigenvalue weighted by Gasteiger charge is -2.20. The summed E-state index contributed by atoms with van der Waals surface area (Å²) in [4.78, 5) is 11.3. The third kappa shape index (κ3) is 6.36. The maximum absolute atomic E-state index is 11.3. The molecule has 1 aromatic carbocycles. The fourth-order valence-electron chi connectivity index (χ4n) is 4.43. The van der Waals surface area contributed by atoms with Crippen LogP contribution in [0.4, 0.5) is 0 Å². The number of aryl methyl sites for hydroxylation is 2. The minimum Gasteiger partial charge on any atom is -0.481 e. The predicted octanol–water partition coefficient (Wildman–Crippen LogP) is 7.34. The van der Waals surface area contributed by atoms with Crippen LogP contribution in [0.1, 0.15) is 106 Å². The van der Waals surface area contributed by atoms with E-state index in [0.717, 1.165) is 38.5 Å². The van der Waals surface area contributed by atoms with Crippen molar-refractivity contribution >= 4 is 5.97 Å². The SMILES string of the molecule is Cc1cc(CCCCC(C)(C)C)c(CCCCCC2(C(=O)O)CC2)c(C)c1C. The highest BCUT2D eigenvalue weighted by Gasteiger charge is 2.49. The summed E-state index contributed by atoms with van der Waals surface area (Å²) < 4.78 is 0. The Kier molecular flexibility index (Phi) is 7.76. The van der Waals surface area contributed by atoms with Crippen molar-refractivity contribution in [3.63, 3.8) is 0 Å². The minimum atomic E-state index is -0.574. The van der Waals surface area contributed by atoms with Crippen molar-refractivity contribution in [1.29, 1.82) is 0 Å². The molecule has 2 nitrogen and oxygen atoms in total. The van der Waals surface area contributed by atoms with E-state index in [0.29, 0.717) is 5.41 Å². The molecule has 1 aliphatic carbocycles. The van der Waals surface area contributed by atoms with Crippen molar-refractivity contribution in [3.8, 4) is 0 Å². The summed E-state index contributed by atoms with van der Waals surface area (Å²) in [7, 11) is 0. The quantitative estimate of drug-likeness (QED) is 0.404. The van der Waals surface area contributed by atoms with Crippen LogP contribution < -0.4 is 0 Å². The summed E-state index contributed by atoms with van der Waals surface area (Å²) in [5.41, 5.74) is 7.54. The minimum absolute atomic E-state index is 0.353. The Balaban J connectivity index is 1.90. The summed E-state index contributed by atoms with van der Waals surface area (Å²) in [6.45, 7) is 13.8. The van der Waals surface area contributed by atoms with Gasteiger partial charge in [-0.2, -0.15) is 0 Å². The summed E-state index contributed by atoms with van der Waals surface area (Å²) in [5, 5.41) is 9.32. The molecule has 1 saturated carbocycles. The van der Waals surface area contributed by atoms with E-state index >= 15 is 0 Å². The van der Waals surface area contributed by atoms with Crippen LogP contribution in [0.3, 0.4) is 0 Å². The summed E-state index contributed by atoms with van der Waals surface area (Å²) in [6.07, 6.45) is 12.2. The molecular weight excluding hydrogens is 344 g/mol. The van der Waals surface area contributed by atoms with Gasteiger partial charge in [0.1, 0.15) is 0 Å². The number of carboxylic acids is 1. The van der Waals surface area contributed by atoms with Crippen LogP contribution in [-0.4, -0.2) is 11.1 Å². The van der Waals surface area contributed by atoms with Crippen molar-refractivity contribution in [2.75, 3.05) is 0 Å². The molecule has 0 unspecified atom stereocenters. The second kappa shape index (κ2) is 9.46. The van der Waals surface area contributed by atoms with Crippen molar-refractivity contribution in [1.82, 2.24) is 0 Å². The normalized spacial score (nSPS) is 15.6. The molecule has 1 aliphatic rings. The molecule has 0 atom stereocenters. The standard InChI is InChI=1S/C26H42O2/c1-19-18-22(12-9-11-14-25(4,5)6)23(21(3)20(19)2)13-8-7-10-15-26(16-17-26)24(27)28/h18H,7-17H2,1-6H3,(H,27,28). The molecule has 0 bridgehead atoms. The van der Waals surface area contributed by atoms with E-state index in [1.807, 2.05) is 0 Å². The number of carbonyl (C=O) groups is 1. The molecule has 0 spiro atoms. The zero-order valence-corrected chi connectivity index (χ0v) is 19.2. The second-order valence-corrected chi connectivity index (χ2v) is 10.5. The zero-order valence-electron chi connectivity index (χ0n) is 19.2. The Hall–Kier alpha value is -1.31. The molecule has 0 radical (unpaired) electrons. The fraction of sp³-hybridized carbons (Fsp3) is 0.731. The lowest BCUT2D eigenvalue weighted by atomic mass is 9.86. The van der Waals surface area contributed by atoms with Crippen LogP contribution in [0.15, 0.2) is 6.07 Å². The van der Waals surface area contributed by atoms with Gasteiger partial charge in [0.05, 0.1) is 5.41 Å². The molecule has 1 N–H and O–H groups in total. The van der Waals surface area contributed by atoms with E-state index in [1.54, 1.807) is 11.1 Å². The van der Waals surface area contributed by atoms with Gasteiger partial charge in [0.15, 0.2) is 0 Å². The van der Waals surface area contributed by atoms with Crippen LogP contribution in [0.2, 0.25) is 0 Å². The van der Waals surface area contributed by atoms with Gasteiger partial charge < -0.3 is 5.11 Å².